The molecule has 1 heterocycles. The van der Waals surface area contributed by atoms with E-state index in [1.807, 2.05) is 0 Å². The van der Waals surface area contributed by atoms with Crippen LogP contribution in [0.3, 0.4) is 0 Å². The third-order valence-corrected chi connectivity index (χ3v) is 3.40. The smallest absolute Gasteiger partial charge is 0.269 e. The van der Waals surface area contributed by atoms with Gasteiger partial charge >= 0.3 is 0 Å². The van der Waals surface area contributed by atoms with Gasteiger partial charge in [0.05, 0.1) is 18.1 Å². The number of rotatable bonds is 6. The summed E-state index contributed by atoms with van der Waals surface area (Å²) < 4.78 is 10.9. The quantitative estimate of drug-likeness (QED) is 0.390. The molecule has 1 aromatic carbocycles. The molecule has 1 saturated heterocycles. The first-order chi connectivity index (χ1) is 10.5. The van der Waals surface area contributed by atoms with E-state index in [-0.39, 0.29) is 5.69 Å². The zero-order valence-corrected chi connectivity index (χ0v) is 11.5. The highest BCUT2D eigenvalue weighted by atomic mass is 16.7. The maximum atomic E-state index is 10.8. The lowest BCUT2D eigenvalue weighted by atomic mass is 10.0. The molecule has 0 spiro atoms. The van der Waals surface area contributed by atoms with Crippen molar-refractivity contribution in [3.05, 3.63) is 39.9 Å². The Balaban J connectivity index is 2.18. The van der Waals surface area contributed by atoms with E-state index in [1.54, 1.807) is 6.07 Å². The van der Waals surface area contributed by atoms with Crippen LogP contribution >= 0.6 is 0 Å². The second-order valence-electron chi connectivity index (χ2n) is 4.88. The minimum atomic E-state index is -1.47. The number of aliphatic hydroxyl groups excluding tert-OH is 4. The first-order valence-electron chi connectivity index (χ1n) is 6.61. The van der Waals surface area contributed by atoms with Crippen LogP contribution < -0.4 is 0 Å². The highest BCUT2D eigenvalue weighted by Gasteiger charge is 2.43. The molecule has 0 amide bonds. The van der Waals surface area contributed by atoms with Crippen LogP contribution in [0.4, 0.5) is 5.69 Å². The summed E-state index contributed by atoms with van der Waals surface area (Å²) in [5.74, 6) is 0. The van der Waals surface area contributed by atoms with Crippen LogP contribution in [-0.2, 0) is 9.47 Å². The fourth-order valence-corrected chi connectivity index (χ4v) is 2.22. The number of hydrogen-bond donors (Lipinski definition) is 4. The molecule has 1 fully saturated rings. The lowest BCUT2D eigenvalue weighted by Crippen LogP contribution is -2.45. The average Bonchev–Trinajstić information content (AvgIpc) is 2.97. The zero-order chi connectivity index (χ0) is 16.3. The molecule has 0 bridgehead atoms. The number of nitro groups is 1. The summed E-state index contributed by atoms with van der Waals surface area (Å²) in [5.41, 5.74) is 0.200. The predicted molar refractivity (Wildman–Crippen MR) is 71.8 cm³/mol. The molecule has 0 radical (unpaired) electrons. The predicted octanol–water partition coefficient (Wildman–Crippen LogP) is -0.916. The molecule has 9 heteroatoms. The lowest BCUT2D eigenvalue weighted by molar-refractivity contribution is -0.385. The van der Waals surface area contributed by atoms with Crippen LogP contribution in [-0.4, -0.2) is 63.0 Å². The van der Waals surface area contributed by atoms with Crippen LogP contribution in [0.1, 0.15) is 11.9 Å². The van der Waals surface area contributed by atoms with Crippen molar-refractivity contribution in [2.75, 3.05) is 13.2 Å². The summed E-state index contributed by atoms with van der Waals surface area (Å²) in [5, 5.41) is 48.3. The summed E-state index contributed by atoms with van der Waals surface area (Å²) in [6.07, 6.45) is -5.95. The van der Waals surface area contributed by atoms with Gasteiger partial charge in [-0.2, -0.15) is 0 Å². The van der Waals surface area contributed by atoms with E-state index in [2.05, 4.69) is 0 Å². The summed E-state index contributed by atoms with van der Waals surface area (Å²) in [4.78, 5) is 10.2. The molecule has 0 aliphatic carbocycles. The Bertz CT molecular complexity index is 525. The molecule has 2 rings (SSSR count). The highest BCUT2D eigenvalue weighted by Crippen LogP contribution is 2.34. The third kappa shape index (κ3) is 3.40. The fraction of sp³-hybridized carbons (Fsp3) is 0.538. The van der Waals surface area contributed by atoms with Crippen LogP contribution in [0, 0.1) is 10.1 Å². The monoisotopic (exact) mass is 315 g/mol. The maximum absolute atomic E-state index is 10.8. The number of nitro benzene ring substituents is 1. The number of non-ortho nitro benzene ring substituents is 1. The minimum Gasteiger partial charge on any atom is -0.394 e. The van der Waals surface area contributed by atoms with Crippen LogP contribution in [0.25, 0.3) is 0 Å². The number of ether oxygens (including phenoxy) is 2. The molecule has 122 valence electrons. The highest BCUT2D eigenvalue weighted by molar-refractivity contribution is 5.35. The van der Waals surface area contributed by atoms with Crippen LogP contribution in [0.2, 0.25) is 0 Å². The number of nitrogens with zero attached hydrogens (tertiary/aromatic N) is 1. The Labute approximate surface area is 125 Å². The molecule has 1 unspecified atom stereocenters. The van der Waals surface area contributed by atoms with Gasteiger partial charge in [-0.3, -0.25) is 10.1 Å². The van der Waals surface area contributed by atoms with Crippen molar-refractivity contribution < 1.29 is 34.8 Å². The molecule has 1 aromatic rings. The maximum Gasteiger partial charge on any atom is 0.269 e. The van der Waals surface area contributed by atoms with Gasteiger partial charge in [0.15, 0.2) is 6.29 Å². The molecule has 0 saturated carbocycles. The zero-order valence-electron chi connectivity index (χ0n) is 11.5. The standard InChI is InChI=1S/C13H17NO8/c15-5-9(17)11(18)12-10(6-16)21-13(22-12)7-2-1-3-8(4-7)14(19)20/h1-4,9-13,15-18H,5-6H2/t9-,10+,11+,12+,13?/m1/s1. The van der Waals surface area contributed by atoms with Crippen molar-refractivity contribution >= 4 is 5.69 Å². The van der Waals surface area contributed by atoms with Crippen molar-refractivity contribution in [2.24, 2.45) is 0 Å². The van der Waals surface area contributed by atoms with Crippen molar-refractivity contribution in [3.8, 4) is 0 Å². The number of hydrogen-bond acceptors (Lipinski definition) is 8. The van der Waals surface area contributed by atoms with Crippen molar-refractivity contribution in [3.63, 3.8) is 0 Å². The number of aliphatic hydroxyl groups is 4. The van der Waals surface area contributed by atoms with Gasteiger partial charge in [0.25, 0.3) is 5.69 Å². The van der Waals surface area contributed by atoms with Gasteiger partial charge in [0, 0.05) is 17.7 Å². The first-order valence-corrected chi connectivity index (χ1v) is 6.61. The molecule has 1 aliphatic heterocycles. The Morgan fingerprint density at radius 2 is 2.00 bits per heavy atom. The van der Waals surface area contributed by atoms with Crippen molar-refractivity contribution in [1.82, 2.24) is 0 Å². The van der Waals surface area contributed by atoms with Gasteiger partial charge in [-0.05, 0) is 0 Å². The van der Waals surface area contributed by atoms with Crippen LogP contribution in [0.15, 0.2) is 24.3 Å². The Hall–Kier alpha value is -1.62. The van der Waals surface area contributed by atoms with Gasteiger partial charge in [-0.1, -0.05) is 12.1 Å². The van der Waals surface area contributed by atoms with E-state index in [4.69, 9.17) is 14.6 Å². The van der Waals surface area contributed by atoms with Crippen LogP contribution in [0.5, 0.6) is 0 Å². The average molecular weight is 315 g/mol. The second kappa shape index (κ2) is 7.09. The number of benzene rings is 1. The summed E-state index contributed by atoms with van der Waals surface area (Å²) >= 11 is 0. The van der Waals surface area contributed by atoms with E-state index in [1.165, 1.54) is 18.2 Å². The van der Waals surface area contributed by atoms with Gasteiger partial charge in [-0.25, -0.2) is 0 Å². The molecule has 22 heavy (non-hydrogen) atoms. The third-order valence-electron chi connectivity index (χ3n) is 3.40. The molecule has 1 aliphatic rings. The molecule has 0 aromatic heterocycles. The van der Waals surface area contributed by atoms with E-state index >= 15 is 0 Å². The Kier molecular flexibility index (Phi) is 5.40. The Morgan fingerprint density at radius 3 is 2.59 bits per heavy atom. The summed E-state index contributed by atoms with van der Waals surface area (Å²) in [6.45, 7) is -1.16. The lowest BCUT2D eigenvalue weighted by Gasteiger charge is -2.23. The van der Waals surface area contributed by atoms with Crippen molar-refractivity contribution in [2.45, 2.75) is 30.7 Å². The van der Waals surface area contributed by atoms with Gasteiger partial charge in [0.2, 0.25) is 0 Å². The topological polar surface area (TPSA) is 143 Å². The minimum absolute atomic E-state index is 0.148. The SMILES string of the molecule is O=[N+]([O-])c1cccc(C2O[C@H]([C@@H](O)[C@H](O)CO)[C@H](CO)O2)c1. The molecule has 5 atom stereocenters. The molecular formula is C13H17NO8. The second-order valence-corrected chi connectivity index (χ2v) is 4.88. The molecule has 9 nitrogen and oxygen atoms in total. The van der Waals surface area contributed by atoms with E-state index in [0.29, 0.717) is 5.56 Å². The molecular weight excluding hydrogens is 298 g/mol. The van der Waals surface area contributed by atoms with Gasteiger partial charge in [-0.15, -0.1) is 0 Å². The van der Waals surface area contributed by atoms with Gasteiger partial charge < -0.3 is 29.9 Å². The van der Waals surface area contributed by atoms with E-state index in [0.717, 1.165) is 0 Å². The van der Waals surface area contributed by atoms with E-state index < -0.39 is 48.8 Å². The molecule has 4 N–H and O–H groups in total. The normalized spacial score (nSPS) is 27.5. The van der Waals surface area contributed by atoms with Crippen molar-refractivity contribution in [1.29, 1.82) is 0 Å². The largest absolute Gasteiger partial charge is 0.394 e. The van der Waals surface area contributed by atoms with E-state index in [9.17, 15) is 25.4 Å². The Morgan fingerprint density at radius 1 is 1.27 bits per heavy atom. The summed E-state index contributed by atoms with van der Waals surface area (Å²) in [7, 11) is 0. The van der Waals surface area contributed by atoms with Gasteiger partial charge in [0.1, 0.15) is 24.4 Å². The first kappa shape index (κ1) is 16.7. The fourth-order valence-electron chi connectivity index (χ4n) is 2.22. The summed E-state index contributed by atoms with van der Waals surface area (Å²) in [6, 6.07) is 5.57.